The van der Waals surface area contributed by atoms with E-state index in [1.165, 1.54) is 6.08 Å². The Morgan fingerprint density at radius 3 is 3.04 bits per heavy atom. The summed E-state index contributed by atoms with van der Waals surface area (Å²) >= 11 is 0. The van der Waals surface area contributed by atoms with E-state index < -0.39 is 0 Å². The van der Waals surface area contributed by atoms with E-state index in [1.54, 1.807) is 30.7 Å². The fourth-order valence-corrected chi connectivity index (χ4v) is 2.37. The molecule has 2 N–H and O–H groups in total. The number of benzene rings is 1. The van der Waals surface area contributed by atoms with Gasteiger partial charge in [-0.15, -0.1) is 0 Å². The predicted octanol–water partition coefficient (Wildman–Crippen LogP) is 3.05. The number of aromatic amines is 1. The lowest BCUT2D eigenvalue weighted by Gasteiger charge is -2.05. The summed E-state index contributed by atoms with van der Waals surface area (Å²) < 4.78 is 15.8. The summed E-state index contributed by atoms with van der Waals surface area (Å²) in [5.41, 5.74) is 1.62. The molecule has 0 spiro atoms. The van der Waals surface area contributed by atoms with Gasteiger partial charge in [-0.3, -0.25) is 9.89 Å². The molecule has 0 aliphatic carbocycles. The minimum atomic E-state index is -0.294. The van der Waals surface area contributed by atoms with Crippen LogP contribution in [0.4, 0.5) is 5.82 Å². The van der Waals surface area contributed by atoms with Crippen molar-refractivity contribution in [2.24, 2.45) is 0 Å². The van der Waals surface area contributed by atoms with Gasteiger partial charge in [0.25, 0.3) is 0 Å². The quantitative estimate of drug-likeness (QED) is 0.720. The molecule has 1 aliphatic rings. The minimum Gasteiger partial charge on any atom is -0.465 e. The summed E-state index contributed by atoms with van der Waals surface area (Å²) in [6, 6.07) is 9.07. The molecule has 24 heavy (non-hydrogen) atoms. The zero-order valence-electron chi connectivity index (χ0n) is 12.5. The van der Waals surface area contributed by atoms with E-state index in [4.69, 9.17) is 13.9 Å². The first-order valence-electron chi connectivity index (χ1n) is 7.25. The third kappa shape index (κ3) is 2.74. The maximum Gasteiger partial charge on any atom is 0.249 e. The maximum absolute atomic E-state index is 12.0. The van der Waals surface area contributed by atoms with Gasteiger partial charge in [-0.05, 0) is 35.9 Å². The smallest absolute Gasteiger partial charge is 0.249 e. The molecular weight excluding hydrogens is 310 g/mol. The van der Waals surface area contributed by atoms with Gasteiger partial charge in [0, 0.05) is 11.6 Å². The van der Waals surface area contributed by atoms with E-state index in [0.717, 1.165) is 11.1 Å². The third-order valence-electron chi connectivity index (χ3n) is 3.51. The predicted molar refractivity (Wildman–Crippen MR) is 86.5 cm³/mol. The summed E-state index contributed by atoms with van der Waals surface area (Å²) in [5, 5.41) is 9.55. The second-order valence-corrected chi connectivity index (χ2v) is 5.06. The van der Waals surface area contributed by atoms with Crippen molar-refractivity contribution in [3.63, 3.8) is 0 Å². The number of furan rings is 1. The lowest BCUT2D eigenvalue weighted by atomic mass is 10.1. The topological polar surface area (TPSA) is 89.4 Å². The maximum atomic E-state index is 12.0. The highest BCUT2D eigenvalue weighted by Crippen LogP contribution is 2.37. The van der Waals surface area contributed by atoms with E-state index in [2.05, 4.69) is 15.5 Å². The van der Waals surface area contributed by atoms with Crippen molar-refractivity contribution in [1.82, 2.24) is 10.2 Å². The standard InChI is InChI=1S/C17H13N3O4/c21-16(6-4-12-2-1-7-22-12)19-17-13(9-18-20-17)11-3-5-14-15(8-11)24-10-23-14/h1-9H,10H2,(H2,18,19,20,21)/b6-4+. The van der Waals surface area contributed by atoms with Crippen LogP contribution < -0.4 is 14.8 Å². The fourth-order valence-electron chi connectivity index (χ4n) is 2.37. The average Bonchev–Trinajstić information content (AvgIpc) is 3.33. The molecule has 0 atom stereocenters. The molecule has 0 saturated carbocycles. The molecule has 7 heteroatoms. The van der Waals surface area contributed by atoms with E-state index in [-0.39, 0.29) is 12.7 Å². The normalized spacial score (nSPS) is 12.7. The number of fused-ring (bicyclic) bond motifs is 1. The number of H-pyrrole nitrogens is 1. The number of amides is 1. The Morgan fingerprint density at radius 1 is 1.25 bits per heavy atom. The van der Waals surface area contributed by atoms with Crippen LogP contribution in [0.15, 0.2) is 53.3 Å². The number of anilines is 1. The van der Waals surface area contributed by atoms with Crippen molar-refractivity contribution in [3.05, 3.63) is 54.6 Å². The number of carbonyl (C=O) groups excluding carboxylic acids is 1. The zero-order chi connectivity index (χ0) is 16.4. The summed E-state index contributed by atoms with van der Waals surface area (Å²) in [6.45, 7) is 0.214. The monoisotopic (exact) mass is 323 g/mol. The van der Waals surface area contributed by atoms with Gasteiger partial charge >= 0.3 is 0 Å². The molecule has 1 amide bonds. The van der Waals surface area contributed by atoms with Gasteiger partial charge in [-0.2, -0.15) is 5.10 Å². The number of aromatic nitrogens is 2. The number of rotatable bonds is 4. The lowest BCUT2D eigenvalue weighted by Crippen LogP contribution is -2.08. The van der Waals surface area contributed by atoms with Crippen LogP contribution in [0.3, 0.4) is 0 Å². The van der Waals surface area contributed by atoms with E-state index >= 15 is 0 Å². The number of ether oxygens (including phenoxy) is 2. The molecule has 0 saturated heterocycles. The zero-order valence-corrected chi connectivity index (χ0v) is 12.5. The summed E-state index contributed by atoms with van der Waals surface area (Å²) in [5.74, 6) is 2.18. The van der Waals surface area contributed by atoms with Gasteiger partial charge in [-0.1, -0.05) is 6.07 Å². The van der Waals surface area contributed by atoms with Crippen LogP contribution >= 0.6 is 0 Å². The van der Waals surface area contributed by atoms with Crippen molar-refractivity contribution in [1.29, 1.82) is 0 Å². The van der Waals surface area contributed by atoms with Crippen molar-refractivity contribution in [2.45, 2.75) is 0 Å². The molecule has 1 aliphatic heterocycles. The highest BCUT2D eigenvalue weighted by molar-refractivity contribution is 6.03. The molecule has 2 aromatic heterocycles. The summed E-state index contributed by atoms with van der Waals surface area (Å²) in [7, 11) is 0. The molecule has 0 unspecified atom stereocenters. The van der Waals surface area contributed by atoms with E-state index in [0.29, 0.717) is 23.1 Å². The molecule has 0 bridgehead atoms. The van der Waals surface area contributed by atoms with Gasteiger partial charge < -0.3 is 19.2 Å². The van der Waals surface area contributed by atoms with Crippen molar-refractivity contribution >= 4 is 17.8 Å². The van der Waals surface area contributed by atoms with Crippen LogP contribution in [-0.2, 0) is 4.79 Å². The van der Waals surface area contributed by atoms with Gasteiger partial charge in [0.05, 0.1) is 12.5 Å². The summed E-state index contributed by atoms with van der Waals surface area (Å²) in [4.78, 5) is 12.0. The van der Waals surface area contributed by atoms with Gasteiger partial charge in [0.15, 0.2) is 11.5 Å². The van der Waals surface area contributed by atoms with Crippen LogP contribution in [0.1, 0.15) is 5.76 Å². The summed E-state index contributed by atoms with van der Waals surface area (Å²) in [6.07, 6.45) is 6.17. The first-order chi connectivity index (χ1) is 11.8. The number of nitrogens with zero attached hydrogens (tertiary/aromatic N) is 1. The Hall–Kier alpha value is -3.48. The highest BCUT2D eigenvalue weighted by Gasteiger charge is 2.16. The van der Waals surface area contributed by atoms with Crippen LogP contribution in [-0.4, -0.2) is 22.9 Å². The van der Waals surface area contributed by atoms with Crippen LogP contribution in [0, 0.1) is 0 Å². The van der Waals surface area contributed by atoms with Crippen molar-refractivity contribution in [2.75, 3.05) is 12.1 Å². The highest BCUT2D eigenvalue weighted by atomic mass is 16.7. The molecule has 120 valence electrons. The average molecular weight is 323 g/mol. The largest absolute Gasteiger partial charge is 0.465 e. The van der Waals surface area contributed by atoms with E-state index in [1.807, 2.05) is 18.2 Å². The molecular formula is C17H13N3O4. The molecule has 0 fully saturated rings. The third-order valence-corrected chi connectivity index (χ3v) is 3.51. The second-order valence-electron chi connectivity index (χ2n) is 5.06. The Labute approximate surface area is 136 Å². The lowest BCUT2D eigenvalue weighted by molar-refractivity contribution is -0.111. The molecule has 0 radical (unpaired) electrons. The van der Waals surface area contributed by atoms with Crippen molar-refractivity contribution < 1.29 is 18.7 Å². The fraction of sp³-hybridized carbons (Fsp3) is 0.0588. The van der Waals surface area contributed by atoms with Crippen LogP contribution in [0.25, 0.3) is 17.2 Å². The van der Waals surface area contributed by atoms with Gasteiger partial charge in [-0.25, -0.2) is 0 Å². The molecule has 4 rings (SSSR count). The first-order valence-corrected chi connectivity index (χ1v) is 7.25. The number of hydrogen-bond donors (Lipinski definition) is 2. The van der Waals surface area contributed by atoms with Crippen LogP contribution in [0.5, 0.6) is 11.5 Å². The number of carbonyl (C=O) groups is 1. The Morgan fingerprint density at radius 2 is 2.17 bits per heavy atom. The number of hydrogen-bond acceptors (Lipinski definition) is 5. The second kappa shape index (κ2) is 5.96. The minimum absolute atomic E-state index is 0.214. The first kappa shape index (κ1) is 14.1. The molecule has 3 heterocycles. The van der Waals surface area contributed by atoms with Gasteiger partial charge in [0.1, 0.15) is 11.6 Å². The molecule has 1 aromatic carbocycles. The Bertz CT molecular complexity index is 896. The molecule has 3 aromatic rings. The Kier molecular flexibility index (Phi) is 3.51. The Balaban J connectivity index is 1.53. The van der Waals surface area contributed by atoms with E-state index in [9.17, 15) is 4.79 Å². The number of nitrogens with one attached hydrogen (secondary N) is 2. The van der Waals surface area contributed by atoms with Crippen LogP contribution in [0.2, 0.25) is 0 Å². The van der Waals surface area contributed by atoms with Crippen molar-refractivity contribution in [3.8, 4) is 22.6 Å². The molecule has 7 nitrogen and oxygen atoms in total. The SMILES string of the molecule is O=C(/C=C/c1ccco1)Nc1[nH]ncc1-c1ccc2c(c1)OCO2. The van der Waals surface area contributed by atoms with Gasteiger partial charge in [0.2, 0.25) is 12.7 Å².